The Balaban J connectivity index is 2.60. The molecule has 0 bridgehead atoms. The minimum Gasteiger partial charge on any atom is -0.264 e. The van der Waals surface area contributed by atoms with Crippen LogP contribution in [0.3, 0.4) is 0 Å². The third kappa shape index (κ3) is 2.40. The second kappa shape index (κ2) is 3.61. The largest absolute Gasteiger partial charge is 0.264 e. The first-order valence-corrected chi connectivity index (χ1v) is 6.00. The molecule has 76 valence electrons. The number of rotatable bonds is 3. The van der Waals surface area contributed by atoms with Gasteiger partial charge in [0.1, 0.15) is 0 Å². The zero-order chi connectivity index (χ0) is 10.1. The van der Waals surface area contributed by atoms with Crippen molar-refractivity contribution in [2.24, 2.45) is 0 Å². The van der Waals surface area contributed by atoms with Crippen LogP contribution in [-0.2, 0) is 9.84 Å². The van der Waals surface area contributed by atoms with Crippen LogP contribution in [0.5, 0.6) is 0 Å². The molecule has 0 aliphatic carbocycles. The lowest BCUT2D eigenvalue weighted by atomic mass is 10.1. The molecule has 0 saturated carbocycles. The monoisotopic (exact) mass is 207 g/mol. The SMILES string of the molecule is CC(CC1CCCS1(=O)=O)[N+](=O)[O-]. The maximum Gasteiger partial charge on any atom is 0.211 e. The number of sulfone groups is 1. The normalized spacial score (nSPS) is 28.5. The summed E-state index contributed by atoms with van der Waals surface area (Å²) in [6, 6.07) is -0.752. The number of nitro groups is 1. The van der Waals surface area contributed by atoms with E-state index in [4.69, 9.17) is 0 Å². The Bertz CT molecular complexity index is 298. The molecule has 1 rings (SSSR count). The average Bonchev–Trinajstić information content (AvgIpc) is 2.30. The molecule has 6 heteroatoms. The molecule has 2 atom stereocenters. The van der Waals surface area contributed by atoms with Gasteiger partial charge in [-0.3, -0.25) is 10.1 Å². The standard InChI is InChI=1S/C7H13NO4S/c1-6(8(9)10)5-7-3-2-4-13(7,11)12/h6-7H,2-5H2,1H3. The van der Waals surface area contributed by atoms with Crippen molar-refractivity contribution in [3.05, 3.63) is 10.1 Å². The van der Waals surface area contributed by atoms with Crippen LogP contribution in [0, 0.1) is 10.1 Å². The fraction of sp³-hybridized carbons (Fsp3) is 1.00. The summed E-state index contributed by atoms with van der Waals surface area (Å²) in [4.78, 5) is 9.89. The first-order chi connectivity index (χ1) is 5.93. The fourth-order valence-electron chi connectivity index (χ4n) is 1.59. The highest BCUT2D eigenvalue weighted by molar-refractivity contribution is 7.92. The fourth-order valence-corrected chi connectivity index (χ4v) is 3.59. The van der Waals surface area contributed by atoms with E-state index in [-0.39, 0.29) is 12.2 Å². The molecule has 0 amide bonds. The lowest BCUT2D eigenvalue weighted by Gasteiger charge is -2.09. The average molecular weight is 207 g/mol. The maximum atomic E-state index is 11.3. The van der Waals surface area contributed by atoms with Gasteiger partial charge in [0.2, 0.25) is 6.04 Å². The lowest BCUT2D eigenvalue weighted by molar-refractivity contribution is -0.518. The molecule has 1 aliphatic rings. The predicted octanol–water partition coefficient (Wildman–Crippen LogP) is 0.619. The molecule has 13 heavy (non-hydrogen) atoms. The molecule has 0 aromatic heterocycles. The highest BCUT2D eigenvalue weighted by Crippen LogP contribution is 2.24. The summed E-state index contributed by atoms with van der Waals surface area (Å²) < 4.78 is 22.6. The van der Waals surface area contributed by atoms with E-state index < -0.39 is 26.1 Å². The van der Waals surface area contributed by atoms with Crippen molar-refractivity contribution < 1.29 is 13.3 Å². The van der Waals surface area contributed by atoms with Gasteiger partial charge in [-0.25, -0.2) is 8.42 Å². The van der Waals surface area contributed by atoms with E-state index in [1.54, 1.807) is 0 Å². The van der Waals surface area contributed by atoms with Gasteiger partial charge in [0.15, 0.2) is 9.84 Å². The minimum absolute atomic E-state index is 0.162. The molecule has 2 unspecified atom stereocenters. The zero-order valence-electron chi connectivity index (χ0n) is 7.47. The summed E-state index contributed by atoms with van der Waals surface area (Å²) in [5.41, 5.74) is 0. The zero-order valence-corrected chi connectivity index (χ0v) is 8.29. The molecule has 0 spiro atoms. The quantitative estimate of drug-likeness (QED) is 0.502. The number of nitrogens with zero attached hydrogens (tertiary/aromatic N) is 1. The Hall–Kier alpha value is -0.650. The molecular weight excluding hydrogens is 194 g/mol. The molecule has 0 N–H and O–H groups in total. The van der Waals surface area contributed by atoms with Crippen LogP contribution in [0.2, 0.25) is 0 Å². The van der Waals surface area contributed by atoms with Gasteiger partial charge in [-0.05, 0) is 12.8 Å². The smallest absolute Gasteiger partial charge is 0.211 e. The van der Waals surface area contributed by atoms with E-state index >= 15 is 0 Å². The van der Waals surface area contributed by atoms with Crippen LogP contribution < -0.4 is 0 Å². The van der Waals surface area contributed by atoms with Crippen molar-refractivity contribution in [1.82, 2.24) is 0 Å². The first-order valence-electron chi connectivity index (χ1n) is 4.28. The van der Waals surface area contributed by atoms with Gasteiger partial charge in [-0.2, -0.15) is 0 Å². The van der Waals surface area contributed by atoms with Crippen LogP contribution in [0.15, 0.2) is 0 Å². The van der Waals surface area contributed by atoms with Gasteiger partial charge in [0, 0.05) is 18.3 Å². The van der Waals surface area contributed by atoms with Gasteiger partial charge in [-0.1, -0.05) is 0 Å². The van der Waals surface area contributed by atoms with Crippen molar-refractivity contribution >= 4 is 9.84 Å². The Morgan fingerprint density at radius 3 is 2.62 bits per heavy atom. The van der Waals surface area contributed by atoms with Crippen molar-refractivity contribution in [3.63, 3.8) is 0 Å². The number of hydrogen-bond donors (Lipinski definition) is 0. The summed E-state index contributed by atoms with van der Waals surface area (Å²) >= 11 is 0. The van der Waals surface area contributed by atoms with Crippen LogP contribution in [0.4, 0.5) is 0 Å². The van der Waals surface area contributed by atoms with Gasteiger partial charge in [0.25, 0.3) is 0 Å². The molecule has 1 heterocycles. The third-order valence-corrected chi connectivity index (χ3v) is 4.73. The first kappa shape index (κ1) is 10.4. The van der Waals surface area contributed by atoms with Crippen molar-refractivity contribution in [3.8, 4) is 0 Å². The molecular formula is C7H13NO4S. The minimum atomic E-state index is -3.02. The van der Waals surface area contributed by atoms with Gasteiger partial charge in [-0.15, -0.1) is 0 Å². The van der Waals surface area contributed by atoms with Crippen LogP contribution >= 0.6 is 0 Å². The third-order valence-electron chi connectivity index (χ3n) is 2.43. The van der Waals surface area contributed by atoms with E-state index in [2.05, 4.69) is 0 Å². The summed E-state index contributed by atoms with van der Waals surface area (Å²) in [5, 5.41) is 9.83. The maximum absolute atomic E-state index is 11.3. The molecule has 1 saturated heterocycles. The van der Waals surface area contributed by atoms with Crippen LogP contribution in [0.25, 0.3) is 0 Å². The Morgan fingerprint density at radius 1 is 1.62 bits per heavy atom. The van der Waals surface area contributed by atoms with E-state index in [9.17, 15) is 18.5 Å². The van der Waals surface area contributed by atoms with Crippen molar-refractivity contribution in [2.75, 3.05) is 5.75 Å². The molecule has 1 fully saturated rings. The van der Waals surface area contributed by atoms with Crippen molar-refractivity contribution in [1.29, 1.82) is 0 Å². The molecule has 1 aliphatic heterocycles. The summed E-state index contributed by atoms with van der Waals surface area (Å²) in [7, 11) is -3.02. The molecule has 0 radical (unpaired) electrons. The van der Waals surface area contributed by atoms with E-state index in [0.717, 1.165) is 0 Å². The molecule has 5 nitrogen and oxygen atoms in total. The van der Waals surface area contributed by atoms with Gasteiger partial charge in [0.05, 0.1) is 11.0 Å². The van der Waals surface area contributed by atoms with Crippen LogP contribution in [0.1, 0.15) is 26.2 Å². The summed E-state index contributed by atoms with van der Waals surface area (Å²) in [6.45, 7) is 1.45. The predicted molar refractivity (Wildman–Crippen MR) is 47.9 cm³/mol. The Morgan fingerprint density at radius 2 is 2.23 bits per heavy atom. The van der Waals surface area contributed by atoms with E-state index in [0.29, 0.717) is 12.8 Å². The van der Waals surface area contributed by atoms with Gasteiger partial charge >= 0.3 is 0 Å². The highest BCUT2D eigenvalue weighted by Gasteiger charge is 2.34. The highest BCUT2D eigenvalue weighted by atomic mass is 32.2. The Labute approximate surface area is 77.2 Å². The second-order valence-corrected chi connectivity index (χ2v) is 5.90. The Kier molecular flexibility index (Phi) is 2.90. The molecule has 0 aromatic carbocycles. The van der Waals surface area contributed by atoms with Gasteiger partial charge < -0.3 is 0 Å². The lowest BCUT2D eigenvalue weighted by Crippen LogP contribution is -2.25. The van der Waals surface area contributed by atoms with Crippen LogP contribution in [-0.4, -0.2) is 30.4 Å². The van der Waals surface area contributed by atoms with Crippen molar-refractivity contribution in [2.45, 2.75) is 37.5 Å². The van der Waals surface area contributed by atoms with E-state index in [1.807, 2.05) is 0 Å². The van der Waals surface area contributed by atoms with E-state index in [1.165, 1.54) is 6.92 Å². The topological polar surface area (TPSA) is 77.3 Å². The number of hydrogen-bond acceptors (Lipinski definition) is 4. The summed E-state index contributed by atoms with van der Waals surface area (Å²) in [5.74, 6) is 0.197. The second-order valence-electron chi connectivity index (χ2n) is 3.50. The summed E-state index contributed by atoms with van der Waals surface area (Å²) in [6.07, 6.45) is 1.40. The molecule has 0 aromatic rings.